The zero-order valence-electron chi connectivity index (χ0n) is 13.9. The van der Waals surface area contributed by atoms with Crippen LogP contribution in [0.15, 0.2) is 24.3 Å². The van der Waals surface area contributed by atoms with E-state index < -0.39 is 21.2 Å². The van der Waals surface area contributed by atoms with Crippen LogP contribution in [0.5, 0.6) is 0 Å². The number of likely N-dealkylation sites (N-methyl/N-ethyl adjacent to an activating group) is 1. The van der Waals surface area contributed by atoms with E-state index in [2.05, 4.69) is 6.07 Å². The first-order valence-corrected chi connectivity index (χ1v) is 10.0. The van der Waals surface area contributed by atoms with E-state index in [-0.39, 0.29) is 24.1 Å². The van der Waals surface area contributed by atoms with Crippen LogP contribution in [0.1, 0.15) is 31.9 Å². The zero-order valence-corrected chi connectivity index (χ0v) is 15.6. The van der Waals surface area contributed by atoms with E-state index in [4.69, 9.17) is 0 Å². The highest BCUT2D eigenvalue weighted by Gasteiger charge is 2.74. The van der Waals surface area contributed by atoms with Gasteiger partial charge in [-0.15, -0.1) is 0 Å². The standard InChI is InChI=1S/C17H16FN3O2S2/c1-15(9-19)8-17-14(23)20(3)16(2,24-25-17)13(22)21(17)12(15)10-4-6-11(18)7-5-10/h4-7,12H,8H2,1-3H3/t12-,15+,16-,17?/m0/s1. The van der Waals surface area contributed by atoms with Crippen LogP contribution in [0.4, 0.5) is 4.39 Å². The van der Waals surface area contributed by atoms with Crippen molar-refractivity contribution in [1.82, 2.24) is 9.80 Å². The number of halogens is 1. The molecule has 4 heterocycles. The number of benzene rings is 1. The van der Waals surface area contributed by atoms with Crippen molar-refractivity contribution in [3.8, 4) is 6.07 Å². The highest BCUT2D eigenvalue weighted by Crippen LogP contribution is 2.69. The highest BCUT2D eigenvalue weighted by atomic mass is 33.1. The SMILES string of the molecule is CN1C(=O)C23C[C@](C)(C#N)[C@H](c4ccc(F)cc4)N2C(=O)[C@]1(C)SS3. The van der Waals surface area contributed by atoms with Gasteiger partial charge in [0.25, 0.3) is 11.8 Å². The van der Waals surface area contributed by atoms with Gasteiger partial charge in [-0.3, -0.25) is 9.59 Å². The van der Waals surface area contributed by atoms with Crippen molar-refractivity contribution in [3.05, 3.63) is 35.6 Å². The van der Waals surface area contributed by atoms with Crippen LogP contribution in [0.2, 0.25) is 0 Å². The molecule has 4 saturated heterocycles. The Kier molecular flexibility index (Phi) is 3.29. The first-order valence-electron chi connectivity index (χ1n) is 7.85. The predicted molar refractivity (Wildman–Crippen MR) is 93.4 cm³/mol. The molecule has 5 nitrogen and oxygen atoms in total. The topological polar surface area (TPSA) is 64.4 Å². The molecule has 8 heteroatoms. The summed E-state index contributed by atoms with van der Waals surface area (Å²) >= 11 is 0. The fraction of sp³-hybridized carbons (Fsp3) is 0.471. The van der Waals surface area contributed by atoms with Gasteiger partial charge < -0.3 is 9.80 Å². The summed E-state index contributed by atoms with van der Waals surface area (Å²) < 4.78 is 13.4. The Hall–Kier alpha value is -1.72. The Morgan fingerprint density at radius 2 is 1.84 bits per heavy atom. The lowest BCUT2D eigenvalue weighted by atomic mass is 9.79. The Morgan fingerprint density at radius 1 is 1.20 bits per heavy atom. The molecule has 1 aromatic carbocycles. The average molecular weight is 377 g/mol. The fourth-order valence-electron chi connectivity index (χ4n) is 4.07. The number of hydrogen-bond donors (Lipinski definition) is 0. The van der Waals surface area contributed by atoms with E-state index in [1.165, 1.54) is 38.6 Å². The second-order valence-electron chi connectivity index (χ2n) is 7.13. The van der Waals surface area contributed by atoms with Gasteiger partial charge in [-0.25, -0.2) is 4.39 Å². The number of hydrogen-bond acceptors (Lipinski definition) is 5. The molecule has 5 rings (SSSR count). The molecule has 4 fully saturated rings. The number of nitrogens with zero attached hydrogens (tertiary/aromatic N) is 3. The molecule has 130 valence electrons. The Morgan fingerprint density at radius 3 is 2.44 bits per heavy atom. The number of fused-ring (bicyclic) bond motifs is 2. The van der Waals surface area contributed by atoms with Gasteiger partial charge in [0.2, 0.25) is 0 Å². The molecule has 0 aromatic heterocycles. The van der Waals surface area contributed by atoms with E-state index >= 15 is 0 Å². The molecule has 0 radical (unpaired) electrons. The first-order chi connectivity index (χ1) is 11.7. The molecule has 1 aromatic rings. The molecule has 25 heavy (non-hydrogen) atoms. The average Bonchev–Trinajstić information content (AvgIpc) is 2.87. The highest BCUT2D eigenvalue weighted by molar-refractivity contribution is 8.78. The molecule has 0 aliphatic carbocycles. The van der Waals surface area contributed by atoms with Crippen molar-refractivity contribution < 1.29 is 14.0 Å². The molecule has 0 saturated carbocycles. The summed E-state index contributed by atoms with van der Waals surface area (Å²) in [4.78, 5) is 27.4. The number of nitriles is 1. The van der Waals surface area contributed by atoms with Gasteiger partial charge in [0.15, 0.2) is 9.74 Å². The number of piperazine rings is 1. The molecular formula is C17H16FN3O2S2. The van der Waals surface area contributed by atoms with Crippen molar-refractivity contribution in [1.29, 1.82) is 5.26 Å². The van der Waals surface area contributed by atoms with E-state index in [0.717, 1.165) is 0 Å². The summed E-state index contributed by atoms with van der Waals surface area (Å²) in [7, 11) is 4.38. The largest absolute Gasteiger partial charge is 0.319 e. The lowest BCUT2D eigenvalue weighted by Gasteiger charge is -2.57. The summed E-state index contributed by atoms with van der Waals surface area (Å²) in [5, 5.41) is 9.88. The third kappa shape index (κ3) is 1.86. The molecular weight excluding hydrogens is 361 g/mol. The van der Waals surface area contributed by atoms with Crippen molar-refractivity contribution in [2.75, 3.05) is 7.05 Å². The third-order valence-electron chi connectivity index (χ3n) is 5.54. The van der Waals surface area contributed by atoms with Gasteiger partial charge >= 0.3 is 0 Å². The van der Waals surface area contributed by atoms with E-state index in [1.807, 2.05) is 0 Å². The van der Waals surface area contributed by atoms with Crippen molar-refractivity contribution in [2.45, 2.75) is 36.1 Å². The Labute approximate surface area is 152 Å². The van der Waals surface area contributed by atoms with Crippen LogP contribution in [0.3, 0.4) is 0 Å². The minimum absolute atomic E-state index is 0.149. The lowest BCUT2D eigenvalue weighted by Crippen LogP contribution is -2.73. The van der Waals surface area contributed by atoms with Crippen molar-refractivity contribution in [2.24, 2.45) is 5.41 Å². The van der Waals surface area contributed by atoms with Gasteiger partial charge in [-0.1, -0.05) is 33.7 Å². The number of amides is 2. The predicted octanol–water partition coefficient (Wildman–Crippen LogP) is 2.91. The maximum absolute atomic E-state index is 13.4. The van der Waals surface area contributed by atoms with Crippen LogP contribution in [-0.2, 0) is 9.59 Å². The van der Waals surface area contributed by atoms with Gasteiger partial charge in [-0.05, 0) is 31.5 Å². The third-order valence-corrected chi connectivity index (χ3v) is 9.23. The maximum atomic E-state index is 13.4. The molecule has 1 unspecified atom stereocenters. The Balaban J connectivity index is 1.93. The van der Waals surface area contributed by atoms with Gasteiger partial charge in [0, 0.05) is 13.5 Å². The zero-order chi connectivity index (χ0) is 18.2. The smallest absolute Gasteiger partial charge is 0.261 e. The summed E-state index contributed by atoms with van der Waals surface area (Å²) in [5.74, 6) is -0.703. The fourth-order valence-corrected chi connectivity index (χ4v) is 7.65. The quantitative estimate of drug-likeness (QED) is 0.704. The molecule has 4 atom stereocenters. The summed E-state index contributed by atoms with van der Waals surface area (Å²) in [6, 6.07) is 7.57. The number of rotatable bonds is 1. The van der Waals surface area contributed by atoms with Crippen molar-refractivity contribution in [3.63, 3.8) is 0 Å². The molecule has 0 N–H and O–H groups in total. The minimum Gasteiger partial charge on any atom is -0.319 e. The summed E-state index contributed by atoms with van der Waals surface area (Å²) in [6.45, 7) is 3.51. The van der Waals surface area contributed by atoms with E-state index in [1.54, 1.807) is 37.9 Å². The lowest BCUT2D eigenvalue weighted by molar-refractivity contribution is -0.164. The number of carbonyl (C=O) groups excluding carboxylic acids is 2. The van der Waals surface area contributed by atoms with Gasteiger partial charge in [-0.2, -0.15) is 5.26 Å². The van der Waals surface area contributed by atoms with Crippen LogP contribution in [0.25, 0.3) is 0 Å². The van der Waals surface area contributed by atoms with Crippen LogP contribution >= 0.6 is 21.6 Å². The maximum Gasteiger partial charge on any atom is 0.261 e. The van der Waals surface area contributed by atoms with E-state index in [9.17, 15) is 19.2 Å². The van der Waals surface area contributed by atoms with Crippen LogP contribution in [-0.4, -0.2) is 38.4 Å². The molecule has 4 aliphatic rings. The summed E-state index contributed by atoms with van der Waals surface area (Å²) in [5.41, 5.74) is -0.263. The second-order valence-corrected chi connectivity index (χ2v) is 9.94. The molecule has 4 aliphatic heterocycles. The van der Waals surface area contributed by atoms with Gasteiger partial charge in [0.05, 0.1) is 17.5 Å². The Bertz CT molecular complexity index is 841. The van der Waals surface area contributed by atoms with Crippen LogP contribution in [0, 0.1) is 22.6 Å². The van der Waals surface area contributed by atoms with E-state index in [0.29, 0.717) is 5.56 Å². The minimum atomic E-state index is -1.09. The molecule has 2 amide bonds. The number of carbonyl (C=O) groups is 2. The normalized spacial score (nSPS) is 39.6. The van der Waals surface area contributed by atoms with Crippen molar-refractivity contribution >= 4 is 33.4 Å². The summed E-state index contributed by atoms with van der Waals surface area (Å²) in [6.07, 6.45) is 0.251. The van der Waals surface area contributed by atoms with Crippen LogP contribution < -0.4 is 0 Å². The second kappa shape index (κ2) is 4.92. The van der Waals surface area contributed by atoms with Gasteiger partial charge in [0.1, 0.15) is 5.82 Å². The molecule has 1 spiro atoms. The monoisotopic (exact) mass is 377 g/mol. The first kappa shape index (κ1) is 16.7. The molecule has 2 bridgehead atoms.